The number of hydrogen-bond donors (Lipinski definition) is 10. The summed E-state index contributed by atoms with van der Waals surface area (Å²) in [5, 5.41) is 68.7. The van der Waals surface area contributed by atoms with Gasteiger partial charge in [-0.2, -0.15) is 36.5 Å². The number of aromatic nitrogens is 8. The first-order valence-electron chi connectivity index (χ1n) is 42.8. The van der Waals surface area contributed by atoms with Gasteiger partial charge in [0.1, 0.15) is 54.7 Å². The minimum Gasteiger partial charge on any atom is -0.390 e. The molecule has 6 heterocycles. The minimum absolute atomic E-state index is 0.00317. The molecule has 710 valence electrons. The fraction of sp³-hybridized carbons (Fsp3) is 0.699. The van der Waals surface area contributed by atoms with Gasteiger partial charge in [0, 0.05) is 67.2 Å². The highest BCUT2D eigenvalue weighted by atomic mass is 19.4. The molecule has 10 atom stereocenters. The number of halogens is 6. The van der Waals surface area contributed by atoms with Crippen LogP contribution in [0.25, 0.3) is 11.1 Å². The summed E-state index contributed by atoms with van der Waals surface area (Å²) in [6.07, 6.45) is -7.49. The van der Waals surface area contributed by atoms with E-state index in [0.717, 1.165) is 54.4 Å². The number of aliphatic hydroxyl groups is 4. The summed E-state index contributed by atoms with van der Waals surface area (Å²) < 4.78 is 166. The van der Waals surface area contributed by atoms with Crippen LogP contribution in [0.15, 0.2) is 61.3 Å². The van der Waals surface area contributed by atoms with Crippen molar-refractivity contribution in [2.24, 2.45) is 23.7 Å². The normalized spacial score (nSPS) is 19.7. The van der Waals surface area contributed by atoms with Crippen LogP contribution in [0.2, 0.25) is 0 Å². The molecule has 10 N–H and O–H groups in total. The molecular formula is C83H122F6N14O24. The van der Waals surface area contributed by atoms with E-state index in [0.29, 0.717) is 55.4 Å². The number of alkyl halides is 6. The summed E-state index contributed by atoms with van der Waals surface area (Å²) in [6, 6.07) is 6.96. The fourth-order valence-electron chi connectivity index (χ4n) is 14.1. The molecule has 0 spiro atoms. The maximum atomic E-state index is 14.1. The van der Waals surface area contributed by atoms with E-state index >= 15 is 0 Å². The Labute approximate surface area is 732 Å². The second-order valence-corrected chi connectivity index (χ2v) is 31.1. The standard InChI is InChI=1S/C83H122F6N14O24/c1-53(2)103-64(13-16-94-103)80(111)100-75(74(57-5-6-57)58-7-8-58)81(112)97-60-11-9-56(10-12-60)73-54(3)101-102(55(73)4)19-24-115-27-30-118-37-40-125-52-72(106)96-62(47-121-20-14-70(104)92-17-22-113-25-28-116-31-33-119-35-38-123-50-65-78(109)76(107)59(46-126-65)41-61-42-90-43-67(95-61)82(84,85)86)48-122-21-15-71(105)93-18-23-114-26-29-117-32-34-120-36-39-124-51-66-79(110)77(108)63(49-127-66)98-69-45-91-44-68(99-69)83(87,88)89/h9-13,16,42-45,53,57-59,62-63,65-66,74-79,107-110H,5-8,14-15,17-41,46-52H2,1-4H3,(H,92,104)(H,93,105)(H,96,106)(H,97,112)(H,98,99)(H,100,111)/t59-,62?,63-,65+,66+,75-,76+,77+,78-,79-/m0/s1. The van der Waals surface area contributed by atoms with E-state index in [1.54, 1.807) is 16.9 Å². The third-order valence-electron chi connectivity index (χ3n) is 20.9. The van der Waals surface area contributed by atoms with Crippen molar-refractivity contribution >= 4 is 41.0 Å². The van der Waals surface area contributed by atoms with Gasteiger partial charge in [0.25, 0.3) is 5.91 Å². The first kappa shape index (κ1) is 103. The van der Waals surface area contributed by atoms with Crippen LogP contribution in [-0.4, -0.2) is 342 Å². The van der Waals surface area contributed by atoms with Crippen LogP contribution in [0.1, 0.15) is 97.4 Å². The van der Waals surface area contributed by atoms with Crippen LogP contribution in [0, 0.1) is 37.5 Å². The van der Waals surface area contributed by atoms with E-state index in [4.69, 9.17) is 76.2 Å². The molecule has 4 fully saturated rings. The molecule has 2 aliphatic carbocycles. The molecule has 1 unspecified atom stereocenters. The molecule has 4 aromatic heterocycles. The van der Waals surface area contributed by atoms with Gasteiger partial charge in [0.2, 0.25) is 23.6 Å². The molecule has 2 saturated heterocycles. The predicted octanol–water partition coefficient (Wildman–Crippen LogP) is 3.03. The van der Waals surface area contributed by atoms with Crippen molar-refractivity contribution in [2.45, 2.75) is 152 Å². The molecule has 0 radical (unpaired) electrons. The van der Waals surface area contributed by atoms with Crippen molar-refractivity contribution in [3.05, 3.63) is 95.5 Å². The highest BCUT2D eigenvalue weighted by molar-refractivity contribution is 6.01. The van der Waals surface area contributed by atoms with Crippen LogP contribution in [0.5, 0.6) is 0 Å². The Hall–Kier alpha value is -8.23. The van der Waals surface area contributed by atoms with Gasteiger partial charge >= 0.3 is 12.4 Å². The number of nitrogens with zero attached hydrogens (tertiary/aromatic N) is 8. The number of carbonyl (C=O) groups is 5. The Morgan fingerprint density at radius 1 is 0.543 bits per heavy atom. The molecule has 5 aromatic rings. The lowest BCUT2D eigenvalue weighted by molar-refractivity contribution is -0.181. The van der Waals surface area contributed by atoms with Gasteiger partial charge in [-0.1, -0.05) is 12.1 Å². The number of ether oxygens (including phenoxy) is 15. The van der Waals surface area contributed by atoms with Crippen molar-refractivity contribution < 1.29 is 142 Å². The molecule has 0 bridgehead atoms. The van der Waals surface area contributed by atoms with E-state index in [-0.39, 0.29) is 251 Å². The molecule has 44 heteroatoms. The molecule has 5 amide bonds. The summed E-state index contributed by atoms with van der Waals surface area (Å²) >= 11 is 0. The monoisotopic (exact) mass is 1810 g/mol. The summed E-state index contributed by atoms with van der Waals surface area (Å²) in [5.74, 6) is -1.71. The summed E-state index contributed by atoms with van der Waals surface area (Å²) in [6.45, 7) is 12.3. The van der Waals surface area contributed by atoms with Crippen molar-refractivity contribution in [2.75, 3.05) is 209 Å². The zero-order valence-corrected chi connectivity index (χ0v) is 72.0. The summed E-state index contributed by atoms with van der Waals surface area (Å²) in [4.78, 5) is 80.4. The molecule has 2 saturated carbocycles. The molecule has 2 aliphatic heterocycles. The zero-order valence-electron chi connectivity index (χ0n) is 72.0. The third-order valence-corrected chi connectivity index (χ3v) is 20.9. The molecule has 9 rings (SSSR count). The number of amides is 5. The number of benzene rings is 1. The Morgan fingerprint density at radius 3 is 1.57 bits per heavy atom. The minimum atomic E-state index is -4.71. The topological polar surface area (TPSA) is 464 Å². The van der Waals surface area contributed by atoms with E-state index in [9.17, 15) is 70.7 Å². The van der Waals surface area contributed by atoms with Gasteiger partial charge in [-0.25, -0.2) is 9.97 Å². The number of anilines is 2. The highest BCUT2D eigenvalue weighted by Gasteiger charge is 2.49. The van der Waals surface area contributed by atoms with Gasteiger partial charge in [-0.15, -0.1) is 0 Å². The van der Waals surface area contributed by atoms with Crippen molar-refractivity contribution in [3.63, 3.8) is 0 Å². The number of nitrogens with one attached hydrogen (secondary N) is 6. The lowest BCUT2D eigenvalue weighted by Crippen LogP contribution is -2.57. The van der Waals surface area contributed by atoms with Crippen LogP contribution in [-0.2, 0) is 116 Å². The summed E-state index contributed by atoms with van der Waals surface area (Å²) in [5.41, 5.74) is 2.36. The number of hydrogen-bond acceptors (Lipinski definition) is 31. The van der Waals surface area contributed by atoms with Gasteiger partial charge in [0.15, 0.2) is 11.4 Å². The van der Waals surface area contributed by atoms with Crippen LogP contribution >= 0.6 is 0 Å². The highest BCUT2D eigenvalue weighted by Crippen LogP contribution is 2.51. The fourth-order valence-corrected chi connectivity index (χ4v) is 14.1. The Balaban J connectivity index is 0.596. The predicted molar refractivity (Wildman–Crippen MR) is 439 cm³/mol. The SMILES string of the molecule is Cc1nn(CCOCCOCCOCC(=O)NC(COCCC(=O)NCCOCCOCCOCCOC[C@H]2OC[C@H](Cc3cncc(C(F)(F)F)n3)[C@@H](O)[C@H]2O)COCCC(=O)NCCOCCOCCOCCOC[C@H]2OC[C@H](Nc3cncc(C(F)(F)F)n3)[C@@H](O)[C@H]2O)c(C)c1-c1ccc(NC(=O)[C@@H](NC(=O)c2ccnn2C(C)C)C(C2CC2)C2CC2)cc1. The van der Waals surface area contributed by atoms with Gasteiger partial charge in [-0.05, 0) is 101 Å². The van der Waals surface area contributed by atoms with Crippen molar-refractivity contribution in [1.82, 2.24) is 60.8 Å². The molecular weight excluding hydrogens is 1690 g/mol. The number of carbonyl (C=O) groups excluding carboxylic acids is 5. The first-order chi connectivity index (χ1) is 61.2. The largest absolute Gasteiger partial charge is 0.434 e. The van der Waals surface area contributed by atoms with E-state index in [2.05, 4.69) is 56.9 Å². The van der Waals surface area contributed by atoms with Gasteiger partial charge < -0.3 is 123 Å². The second kappa shape index (κ2) is 54.4. The summed E-state index contributed by atoms with van der Waals surface area (Å²) in [7, 11) is 0. The Bertz CT molecular complexity index is 3920. The average molecular weight is 1810 g/mol. The molecule has 127 heavy (non-hydrogen) atoms. The van der Waals surface area contributed by atoms with Gasteiger partial charge in [-0.3, -0.25) is 43.3 Å². The Kier molecular flexibility index (Phi) is 43.9. The molecule has 1 aromatic carbocycles. The number of aliphatic hydroxyl groups excluding tert-OH is 4. The van der Waals surface area contributed by atoms with Crippen LogP contribution in [0.4, 0.5) is 37.8 Å². The van der Waals surface area contributed by atoms with Crippen LogP contribution in [0.3, 0.4) is 0 Å². The number of rotatable bonds is 63. The Morgan fingerprint density at radius 2 is 1.04 bits per heavy atom. The third kappa shape index (κ3) is 36.2. The van der Waals surface area contributed by atoms with E-state index in [1.165, 1.54) is 6.20 Å². The smallest absolute Gasteiger partial charge is 0.390 e. The molecule has 4 aliphatic rings. The lowest BCUT2D eigenvalue weighted by atomic mass is 9.88. The van der Waals surface area contributed by atoms with Gasteiger partial charge in [0.05, 0.1) is 233 Å². The second-order valence-electron chi connectivity index (χ2n) is 31.1. The number of aryl methyl sites for hydroxylation is 1. The quantitative estimate of drug-likeness (QED) is 0.0197. The zero-order chi connectivity index (χ0) is 90.9. The van der Waals surface area contributed by atoms with Crippen molar-refractivity contribution in [1.29, 1.82) is 0 Å². The average Bonchev–Trinajstić information content (AvgIpc) is 1.64. The van der Waals surface area contributed by atoms with Crippen LogP contribution < -0.4 is 31.9 Å². The van der Waals surface area contributed by atoms with E-state index < -0.39 is 90.3 Å². The lowest BCUT2D eigenvalue weighted by Gasteiger charge is -2.38. The maximum absolute atomic E-state index is 14.1. The van der Waals surface area contributed by atoms with E-state index in [1.807, 2.05) is 56.6 Å². The van der Waals surface area contributed by atoms with Crippen molar-refractivity contribution in [3.8, 4) is 11.1 Å². The molecule has 38 nitrogen and oxygen atoms in total. The first-order valence-corrected chi connectivity index (χ1v) is 42.8. The maximum Gasteiger partial charge on any atom is 0.434 e.